The molecule has 0 spiro atoms. The second kappa shape index (κ2) is 8.96. The van der Waals surface area contributed by atoms with Crippen LogP contribution in [0.25, 0.3) is 5.52 Å². The van der Waals surface area contributed by atoms with Crippen LogP contribution in [0, 0.1) is 5.92 Å². The zero-order valence-corrected chi connectivity index (χ0v) is 17.8. The Hall–Kier alpha value is -2.09. The zero-order chi connectivity index (χ0) is 20.3. The third-order valence-electron chi connectivity index (χ3n) is 6.62. The quantitative estimate of drug-likeness (QED) is 0.749. The number of hydrogen-bond acceptors (Lipinski definition) is 5. The maximum atomic E-state index is 12.7. The van der Waals surface area contributed by atoms with Gasteiger partial charge in [-0.15, -0.1) is 0 Å². The number of aromatic nitrogens is 1. The molecule has 1 N–H and O–H groups in total. The van der Waals surface area contributed by atoms with Crippen LogP contribution in [0.5, 0.6) is 0 Å². The number of pyridine rings is 1. The molecule has 2 saturated heterocycles. The second-order valence-electron chi connectivity index (χ2n) is 8.85. The average molecular weight is 412 g/mol. The van der Waals surface area contributed by atoms with Crippen molar-refractivity contribution in [1.29, 1.82) is 0 Å². The highest BCUT2D eigenvalue weighted by Gasteiger charge is 2.27. The number of piperazine rings is 1. The second-order valence-corrected chi connectivity index (χ2v) is 8.85. The molecular formula is C23H33N5O2. The molecule has 0 bridgehead atoms. The summed E-state index contributed by atoms with van der Waals surface area (Å²) in [4.78, 5) is 20.1. The molecule has 7 nitrogen and oxygen atoms in total. The van der Waals surface area contributed by atoms with E-state index in [4.69, 9.17) is 4.74 Å². The molecule has 1 amide bonds. The van der Waals surface area contributed by atoms with Crippen LogP contribution in [0.2, 0.25) is 0 Å². The molecule has 2 aliphatic heterocycles. The van der Waals surface area contributed by atoms with Crippen molar-refractivity contribution in [2.45, 2.75) is 12.8 Å². The summed E-state index contributed by atoms with van der Waals surface area (Å²) in [7, 11) is 0. The van der Waals surface area contributed by atoms with Crippen LogP contribution in [-0.4, -0.2) is 92.2 Å². The Bertz CT molecular complexity index is 864. The smallest absolute Gasteiger partial charge is 0.252 e. The van der Waals surface area contributed by atoms with Gasteiger partial charge in [0.1, 0.15) is 5.82 Å². The van der Waals surface area contributed by atoms with Gasteiger partial charge in [-0.2, -0.15) is 0 Å². The highest BCUT2D eigenvalue weighted by atomic mass is 16.5. The van der Waals surface area contributed by atoms with Crippen LogP contribution in [0.3, 0.4) is 0 Å². The largest absolute Gasteiger partial charge is 0.379 e. The van der Waals surface area contributed by atoms with E-state index in [1.165, 1.54) is 25.2 Å². The van der Waals surface area contributed by atoms with Crippen LogP contribution in [-0.2, 0) is 4.74 Å². The highest BCUT2D eigenvalue weighted by Crippen LogP contribution is 2.30. The fourth-order valence-electron chi connectivity index (χ4n) is 4.56. The first-order chi connectivity index (χ1) is 14.8. The van der Waals surface area contributed by atoms with Gasteiger partial charge in [-0.05, 0) is 43.0 Å². The molecule has 0 aromatic carbocycles. The van der Waals surface area contributed by atoms with Gasteiger partial charge in [0.25, 0.3) is 5.91 Å². The fourth-order valence-corrected chi connectivity index (χ4v) is 4.56. The van der Waals surface area contributed by atoms with Crippen molar-refractivity contribution >= 4 is 17.2 Å². The van der Waals surface area contributed by atoms with Gasteiger partial charge in [0.05, 0.1) is 18.8 Å². The lowest BCUT2D eigenvalue weighted by Crippen LogP contribution is -2.47. The first kappa shape index (κ1) is 19.8. The van der Waals surface area contributed by atoms with E-state index < -0.39 is 0 Å². The van der Waals surface area contributed by atoms with Gasteiger partial charge < -0.3 is 19.4 Å². The van der Waals surface area contributed by atoms with E-state index in [0.717, 1.165) is 70.5 Å². The number of carbonyl (C=O) groups excluding carboxylic acids is 1. The number of amides is 1. The Balaban J connectivity index is 1.20. The van der Waals surface area contributed by atoms with E-state index >= 15 is 0 Å². The highest BCUT2D eigenvalue weighted by molar-refractivity contribution is 5.94. The molecule has 2 aromatic heterocycles. The molecule has 7 heteroatoms. The monoisotopic (exact) mass is 411 g/mol. The minimum atomic E-state index is -0.000868. The summed E-state index contributed by atoms with van der Waals surface area (Å²) in [5.74, 6) is 2.15. The Labute approximate surface area is 178 Å². The van der Waals surface area contributed by atoms with Crippen molar-refractivity contribution in [2.75, 3.05) is 77.0 Å². The Morgan fingerprint density at radius 1 is 0.967 bits per heavy atom. The average Bonchev–Trinajstić information content (AvgIpc) is 3.50. The minimum Gasteiger partial charge on any atom is -0.379 e. The number of morpholine rings is 1. The van der Waals surface area contributed by atoms with E-state index in [1.807, 2.05) is 18.3 Å². The van der Waals surface area contributed by atoms with Crippen molar-refractivity contribution in [3.05, 3.63) is 36.0 Å². The summed E-state index contributed by atoms with van der Waals surface area (Å²) >= 11 is 0. The topological polar surface area (TPSA) is 52.5 Å². The van der Waals surface area contributed by atoms with Crippen LogP contribution in [0.4, 0.5) is 5.82 Å². The number of fused-ring (bicyclic) bond motifs is 1. The third kappa shape index (κ3) is 4.63. The van der Waals surface area contributed by atoms with Gasteiger partial charge in [0.15, 0.2) is 0 Å². The van der Waals surface area contributed by atoms with Crippen LogP contribution in [0.15, 0.2) is 30.5 Å². The van der Waals surface area contributed by atoms with Crippen molar-refractivity contribution < 1.29 is 9.53 Å². The Kier molecular flexibility index (Phi) is 5.93. The van der Waals surface area contributed by atoms with Gasteiger partial charge in [-0.3, -0.25) is 14.6 Å². The first-order valence-corrected chi connectivity index (χ1v) is 11.4. The molecule has 2 aromatic rings. The lowest BCUT2D eigenvalue weighted by atomic mass is 10.2. The van der Waals surface area contributed by atoms with E-state index in [-0.39, 0.29) is 5.91 Å². The molecule has 0 atom stereocenters. The lowest BCUT2D eigenvalue weighted by Gasteiger charge is -2.35. The molecule has 3 aliphatic rings. The number of nitrogens with one attached hydrogen (secondary N) is 1. The number of rotatable bonds is 7. The van der Waals surface area contributed by atoms with Gasteiger partial charge >= 0.3 is 0 Å². The first-order valence-electron chi connectivity index (χ1n) is 11.4. The summed E-state index contributed by atoms with van der Waals surface area (Å²) in [5.41, 5.74) is 1.85. The van der Waals surface area contributed by atoms with Crippen molar-refractivity contribution in [3.63, 3.8) is 0 Å². The molecule has 1 saturated carbocycles. The Morgan fingerprint density at radius 3 is 2.50 bits per heavy atom. The number of ether oxygens (including phenoxy) is 1. The fraction of sp³-hybridized carbons (Fsp3) is 0.609. The SMILES string of the molecule is O=C(NCCN1CCOCC1)c1ccc2ccc(N3CCN(CC4CC4)CC3)n2c1. The van der Waals surface area contributed by atoms with Gasteiger partial charge in [0, 0.05) is 70.6 Å². The van der Waals surface area contributed by atoms with Crippen LogP contribution >= 0.6 is 0 Å². The summed E-state index contributed by atoms with van der Waals surface area (Å²) in [6, 6.07) is 8.30. The van der Waals surface area contributed by atoms with Gasteiger partial charge in [0.2, 0.25) is 0 Å². The third-order valence-corrected chi connectivity index (χ3v) is 6.62. The predicted molar refractivity (Wildman–Crippen MR) is 118 cm³/mol. The molecular weight excluding hydrogens is 378 g/mol. The Morgan fingerprint density at radius 2 is 1.73 bits per heavy atom. The number of hydrogen-bond donors (Lipinski definition) is 1. The number of carbonyl (C=O) groups is 1. The predicted octanol–water partition coefficient (Wildman–Crippen LogP) is 1.53. The molecule has 0 unspecified atom stereocenters. The van der Waals surface area contributed by atoms with Crippen molar-refractivity contribution in [3.8, 4) is 0 Å². The number of anilines is 1. The van der Waals surface area contributed by atoms with Gasteiger partial charge in [-0.1, -0.05) is 0 Å². The maximum absolute atomic E-state index is 12.7. The lowest BCUT2D eigenvalue weighted by molar-refractivity contribution is 0.0383. The molecule has 30 heavy (non-hydrogen) atoms. The standard InChI is InChI=1S/C23H33N5O2/c29-23(24-7-8-25-13-15-30-16-14-25)20-3-4-21-5-6-22(28(21)18-20)27-11-9-26(10-12-27)17-19-1-2-19/h3-6,18-19H,1-2,7-17H2,(H,24,29). The molecule has 4 heterocycles. The molecule has 0 radical (unpaired) electrons. The normalized spacial score (nSPS) is 21.3. The summed E-state index contributed by atoms with van der Waals surface area (Å²) in [6.45, 7) is 10.6. The minimum absolute atomic E-state index is 0.000868. The molecule has 1 aliphatic carbocycles. The number of nitrogens with zero attached hydrogens (tertiary/aromatic N) is 4. The molecule has 162 valence electrons. The zero-order valence-electron chi connectivity index (χ0n) is 17.8. The summed E-state index contributed by atoms with van der Waals surface area (Å²) < 4.78 is 7.55. The van der Waals surface area contributed by atoms with Crippen LogP contribution < -0.4 is 10.2 Å². The summed E-state index contributed by atoms with van der Waals surface area (Å²) in [6.07, 6.45) is 4.83. The van der Waals surface area contributed by atoms with Gasteiger partial charge in [-0.25, -0.2) is 0 Å². The molecule has 3 fully saturated rings. The van der Waals surface area contributed by atoms with E-state index in [0.29, 0.717) is 12.1 Å². The van der Waals surface area contributed by atoms with Crippen molar-refractivity contribution in [2.24, 2.45) is 5.92 Å². The summed E-state index contributed by atoms with van der Waals surface area (Å²) in [5, 5.41) is 3.08. The van der Waals surface area contributed by atoms with E-state index in [1.54, 1.807) is 0 Å². The van der Waals surface area contributed by atoms with E-state index in [2.05, 4.69) is 36.5 Å². The van der Waals surface area contributed by atoms with E-state index in [9.17, 15) is 4.79 Å². The van der Waals surface area contributed by atoms with Crippen molar-refractivity contribution in [1.82, 2.24) is 19.5 Å². The van der Waals surface area contributed by atoms with Crippen LogP contribution in [0.1, 0.15) is 23.2 Å². The molecule has 5 rings (SSSR count). The maximum Gasteiger partial charge on any atom is 0.252 e.